The Bertz CT molecular complexity index is 1360. The van der Waals surface area contributed by atoms with Gasteiger partial charge in [0.2, 0.25) is 0 Å². The molecule has 0 aliphatic heterocycles. The van der Waals surface area contributed by atoms with Crippen LogP contribution < -0.4 is 15.2 Å². The Hall–Kier alpha value is -3.60. The smallest absolute Gasteiger partial charge is 0.337 e. The number of hydrogen-bond donors (Lipinski definition) is 3. The quantitative estimate of drug-likeness (QED) is 0.273. The van der Waals surface area contributed by atoms with Crippen LogP contribution in [0.15, 0.2) is 36.8 Å². The molecule has 0 aliphatic carbocycles. The highest BCUT2D eigenvalue weighted by Crippen LogP contribution is 2.47. The van der Waals surface area contributed by atoms with Crippen LogP contribution >= 0.6 is 23.2 Å². The number of anilines is 1. The zero-order valence-corrected chi connectivity index (χ0v) is 22.4. The molecular weight excluding hydrogens is 519 g/mol. The van der Waals surface area contributed by atoms with Gasteiger partial charge in [0, 0.05) is 42.3 Å². The molecule has 37 heavy (non-hydrogen) atoms. The van der Waals surface area contributed by atoms with Gasteiger partial charge in [-0.3, -0.25) is 14.9 Å². The van der Waals surface area contributed by atoms with Crippen LogP contribution in [-0.2, 0) is 6.54 Å². The third-order valence-corrected chi connectivity index (χ3v) is 6.38. The number of nitrogens with zero attached hydrogens (tertiary/aromatic N) is 4. The van der Waals surface area contributed by atoms with Gasteiger partial charge in [0.25, 0.3) is 0 Å². The van der Waals surface area contributed by atoms with Crippen molar-refractivity contribution in [2.75, 3.05) is 33.0 Å². The number of rotatable bonds is 8. The lowest BCUT2D eigenvalue weighted by Gasteiger charge is -2.16. The maximum absolute atomic E-state index is 11.4. The van der Waals surface area contributed by atoms with E-state index in [1.807, 2.05) is 6.20 Å². The molecule has 2 heterocycles. The van der Waals surface area contributed by atoms with Gasteiger partial charge in [-0.05, 0) is 19.2 Å². The summed E-state index contributed by atoms with van der Waals surface area (Å²) in [5.41, 5.74) is 8.06. The lowest BCUT2D eigenvalue weighted by Crippen LogP contribution is -2.22. The molecule has 12 heteroatoms. The summed E-state index contributed by atoms with van der Waals surface area (Å²) < 4.78 is 10.6. The van der Waals surface area contributed by atoms with Crippen molar-refractivity contribution < 1.29 is 19.4 Å². The number of nitrogens with two attached hydrogens (primary N) is 1. The van der Waals surface area contributed by atoms with Gasteiger partial charge in [-0.1, -0.05) is 43.1 Å². The zero-order chi connectivity index (χ0) is 27.1. The SMILES string of the molecule is CCN(CC)Cc1c[nH]c(N)n1.COc1cc(OC)c(Cl)c(-c2ccc(C(=O)O)c3nccnc23)c1Cl. The monoisotopic (exact) mass is 546 g/mol. The van der Waals surface area contributed by atoms with Crippen LogP contribution in [0.25, 0.3) is 22.2 Å². The van der Waals surface area contributed by atoms with E-state index in [2.05, 4.69) is 38.7 Å². The topological polar surface area (TPSA) is 139 Å². The summed E-state index contributed by atoms with van der Waals surface area (Å²) in [5.74, 6) is 0.143. The van der Waals surface area contributed by atoms with E-state index in [0.29, 0.717) is 34.1 Å². The number of nitrogens with one attached hydrogen (secondary N) is 1. The Balaban J connectivity index is 0.000000266. The molecule has 0 unspecified atom stereocenters. The summed E-state index contributed by atoms with van der Waals surface area (Å²) in [7, 11) is 2.95. The lowest BCUT2D eigenvalue weighted by atomic mass is 10.00. The third kappa shape index (κ3) is 6.22. The van der Waals surface area contributed by atoms with Crippen LogP contribution in [0.1, 0.15) is 29.9 Å². The first kappa shape index (κ1) is 28.0. The summed E-state index contributed by atoms with van der Waals surface area (Å²) in [6, 6.07) is 4.60. The van der Waals surface area contributed by atoms with Crippen molar-refractivity contribution in [3.63, 3.8) is 0 Å². The summed E-state index contributed by atoms with van der Waals surface area (Å²) >= 11 is 12.9. The van der Waals surface area contributed by atoms with Crippen molar-refractivity contribution >= 4 is 46.2 Å². The van der Waals surface area contributed by atoms with Crippen molar-refractivity contribution in [1.29, 1.82) is 0 Å². The van der Waals surface area contributed by atoms with Crippen LogP contribution in [0.3, 0.4) is 0 Å². The normalized spacial score (nSPS) is 10.8. The number of carbonyl (C=O) groups is 1. The molecule has 0 fully saturated rings. The van der Waals surface area contributed by atoms with Gasteiger partial charge in [-0.25, -0.2) is 9.78 Å². The van der Waals surface area contributed by atoms with E-state index in [9.17, 15) is 9.90 Å². The molecule has 0 atom stereocenters. The average molecular weight is 547 g/mol. The highest BCUT2D eigenvalue weighted by atomic mass is 35.5. The van der Waals surface area contributed by atoms with E-state index in [-0.39, 0.29) is 21.1 Å². The van der Waals surface area contributed by atoms with Crippen LogP contribution in [0.2, 0.25) is 10.0 Å². The number of halogens is 2. The number of nitrogen functional groups attached to an aromatic ring is 1. The number of benzene rings is 2. The van der Waals surface area contributed by atoms with Crippen molar-refractivity contribution in [2.24, 2.45) is 0 Å². The molecule has 2 aromatic heterocycles. The maximum atomic E-state index is 11.4. The van der Waals surface area contributed by atoms with E-state index >= 15 is 0 Å². The van der Waals surface area contributed by atoms with Crippen molar-refractivity contribution in [3.8, 4) is 22.6 Å². The zero-order valence-electron chi connectivity index (χ0n) is 20.9. The Kier molecular flexibility index (Phi) is 9.51. The molecule has 0 saturated carbocycles. The molecule has 0 bridgehead atoms. The van der Waals surface area contributed by atoms with E-state index in [4.69, 9.17) is 38.4 Å². The van der Waals surface area contributed by atoms with E-state index in [0.717, 1.165) is 25.3 Å². The van der Waals surface area contributed by atoms with E-state index in [1.165, 1.54) is 32.7 Å². The maximum Gasteiger partial charge on any atom is 0.337 e. The van der Waals surface area contributed by atoms with Gasteiger partial charge in [-0.15, -0.1) is 0 Å². The van der Waals surface area contributed by atoms with Crippen LogP contribution in [0, 0.1) is 0 Å². The number of aromatic carboxylic acids is 1. The minimum absolute atomic E-state index is 0.0361. The lowest BCUT2D eigenvalue weighted by molar-refractivity contribution is 0.0699. The molecule has 4 rings (SSSR count). The highest BCUT2D eigenvalue weighted by molar-refractivity contribution is 6.41. The molecule has 0 amide bonds. The van der Waals surface area contributed by atoms with Crippen LogP contribution in [-0.4, -0.2) is 63.2 Å². The molecule has 4 N–H and O–H groups in total. The number of H-pyrrole nitrogens is 1. The van der Waals surface area contributed by atoms with E-state index in [1.54, 1.807) is 12.1 Å². The number of ether oxygens (including phenoxy) is 2. The Morgan fingerprint density at radius 1 is 1.05 bits per heavy atom. The van der Waals surface area contributed by atoms with Crippen LogP contribution in [0.5, 0.6) is 11.5 Å². The average Bonchev–Trinajstić information content (AvgIpc) is 3.32. The third-order valence-electron chi connectivity index (χ3n) is 5.63. The van der Waals surface area contributed by atoms with Gasteiger partial charge in [0.1, 0.15) is 17.0 Å². The Morgan fingerprint density at radius 2 is 1.65 bits per heavy atom. The predicted molar refractivity (Wildman–Crippen MR) is 145 cm³/mol. The summed E-state index contributed by atoms with van der Waals surface area (Å²) in [5, 5.41) is 9.89. The number of carboxylic acid groups (broad SMARTS) is 1. The van der Waals surface area contributed by atoms with Crippen molar-refractivity contribution in [1.82, 2.24) is 24.8 Å². The number of fused-ring (bicyclic) bond motifs is 1. The summed E-state index contributed by atoms with van der Waals surface area (Å²) in [6.07, 6.45) is 4.75. The standard InChI is InChI=1S/C17H12Cl2N2O4.C8H16N4/c1-24-10-7-11(25-2)14(19)12(13(10)18)8-3-4-9(17(22)23)16-15(8)20-5-6-21-16;1-3-12(4-2)6-7-5-10-8(9)11-7/h3-7H,1-2H3,(H,22,23);5H,3-4,6H2,1-2H3,(H3,9,10,11). The second-order valence-corrected chi connectivity index (χ2v) is 8.50. The molecule has 4 aromatic rings. The van der Waals surface area contributed by atoms with E-state index < -0.39 is 5.97 Å². The molecule has 0 radical (unpaired) electrons. The van der Waals surface area contributed by atoms with Gasteiger partial charge in [-0.2, -0.15) is 0 Å². The number of aromatic nitrogens is 4. The first-order valence-electron chi connectivity index (χ1n) is 11.3. The first-order valence-corrected chi connectivity index (χ1v) is 12.1. The first-order chi connectivity index (χ1) is 17.7. The van der Waals surface area contributed by atoms with Gasteiger partial charge in [0.05, 0.1) is 41.0 Å². The minimum atomic E-state index is -1.10. The minimum Gasteiger partial charge on any atom is -0.495 e. The molecular formula is C25H28Cl2N6O4. The number of imidazole rings is 1. The Morgan fingerprint density at radius 3 is 2.14 bits per heavy atom. The van der Waals surface area contributed by atoms with Crippen LogP contribution in [0.4, 0.5) is 5.95 Å². The number of hydrogen-bond acceptors (Lipinski definition) is 8. The van der Waals surface area contributed by atoms with Crippen molar-refractivity contribution in [3.05, 3.63) is 58.1 Å². The van der Waals surface area contributed by atoms with Gasteiger partial charge >= 0.3 is 5.97 Å². The molecule has 2 aromatic carbocycles. The number of aromatic amines is 1. The Labute approximate surface area is 224 Å². The molecule has 10 nitrogen and oxygen atoms in total. The molecule has 0 saturated heterocycles. The predicted octanol–water partition coefficient (Wildman–Crippen LogP) is 5.15. The number of carboxylic acids is 1. The van der Waals surface area contributed by atoms with Gasteiger partial charge in [0.15, 0.2) is 5.95 Å². The fourth-order valence-electron chi connectivity index (χ4n) is 3.69. The highest BCUT2D eigenvalue weighted by Gasteiger charge is 2.22. The second-order valence-electron chi connectivity index (χ2n) is 7.74. The number of methoxy groups -OCH3 is 2. The summed E-state index contributed by atoms with van der Waals surface area (Å²) in [6.45, 7) is 7.24. The largest absolute Gasteiger partial charge is 0.495 e. The molecule has 0 spiro atoms. The van der Waals surface area contributed by atoms with Crippen molar-refractivity contribution in [2.45, 2.75) is 20.4 Å². The summed E-state index contributed by atoms with van der Waals surface area (Å²) in [4.78, 5) is 29.1. The second kappa shape index (κ2) is 12.6. The molecule has 196 valence electrons. The fraction of sp³-hybridized carbons (Fsp3) is 0.280. The fourth-order valence-corrected chi connectivity index (χ4v) is 4.39. The van der Waals surface area contributed by atoms with Gasteiger partial charge < -0.3 is 25.3 Å². The molecule has 0 aliphatic rings.